The summed E-state index contributed by atoms with van der Waals surface area (Å²) in [6, 6.07) is 7.96. The average molecular weight is 432 g/mol. The van der Waals surface area contributed by atoms with Gasteiger partial charge in [0.15, 0.2) is 11.6 Å². The quantitative estimate of drug-likeness (QED) is 0.714. The molecule has 5 nitrogen and oxygen atoms in total. The first kappa shape index (κ1) is 18.4. The van der Waals surface area contributed by atoms with Crippen molar-refractivity contribution in [3.05, 3.63) is 41.6 Å². The molecule has 0 N–H and O–H groups in total. The predicted molar refractivity (Wildman–Crippen MR) is 116 cm³/mol. The minimum atomic E-state index is -0.755. The second kappa shape index (κ2) is 6.12. The van der Waals surface area contributed by atoms with Gasteiger partial charge in [-0.3, -0.25) is 9.59 Å². The number of ketones is 2. The van der Waals surface area contributed by atoms with Crippen molar-refractivity contribution >= 4 is 17.6 Å². The van der Waals surface area contributed by atoms with E-state index >= 15 is 0 Å². The van der Waals surface area contributed by atoms with Gasteiger partial charge in [-0.05, 0) is 73.5 Å². The molecule has 4 aliphatic carbocycles. The summed E-state index contributed by atoms with van der Waals surface area (Å²) in [6.07, 6.45) is 10.5. The Morgan fingerprint density at radius 1 is 1.03 bits per heavy atom. The van der Waals surface area contributed by atoms with E-state index in [1.54, 1.807) is 0 Å². The summed E-state index contributed by atoms with van der Waals surface area (Å²) in [7, 11) is 0. The fraction of sp³-hybridized carbons (Fsp3) is 0.630. The Kier molecular flexibility index (Phi) is 3.53. The van der Waals surface area contributed by atoms with Crippen molar-refractivity contribution in [2.75, 3.05) is 6.61 Å². The van der Waals surface area contributed by atoms with Crippen LogP contribution in [0.15, 0.2) is 30.5 Å². The van der Waals surface area contributed by atoms with Crippen LogP contribution in [0.4, 0.5) is 0 Å². The summed E-state index contributed by atoms with van der Waals surface area (Å²) in [5.74, 6) is 2.24. The number of carbonyl (C=O) groups is 2. The zero-order chi connectivity index (χ0) is 21.2. The van der Waals surface area contributed by atoms with E-state index < -0.39 is 6.29 Å². The summed E-state index contributed by atoms with van der Waals surface area (Å²) in [5.41, 5.74) is 2.13. The predicted octanol–water partition coefficient (Wildman–Crippen LogP) is 3.74. The fourth-order valence-electron chi connectivity index (χ4n) is 9.35. The molecule has 1 aromatic carbocycles. The number of fused-ring (bicyclic) bond motifs is 8. The van der Waals surface area contributed by atoms with Crippen LogP contribution in [0.25, 0.3) is 6.08 Å². The van der Waals surface area contributed by atoms with Crippen molar-refractivity contribution in [3.63, 3.8) is 0 Å². The van der Waals surface area contributed by atoms with E-state index in [-0.39, 0.29) is 41.2 Å². The number of benzene rings is 1. The van der Waals surface area contributed by atoms with E-state index in [1.165, 1.54) is 24.8 Å². The minimum absolute atomic E-state index is 0.0321. The van der Waals surface area contributed by atoms with E-state index in [4.69, 9.17) is 9.47 Å². The Morgan fingerprint density at radius 2 is 1.75 bits per heavy atom. The highest BCUT2D eigenvalue weighted by Crippen LogP contribution is 2.63. The van der Waals surface area contributed by atoms with Gasteiger partial charge in [0.05, 0.1) is 30.7 Å². The molecule has 0 aromatic heterocycles. The normalized spacial score (nSPS) is 49.2. The Morgan fingerprint density at radius 3 is 2.50 bits per heavy atom. The first-order valence-corrected chi connectivity index (χ1v) is 12.5. The third-order valence-electron chi connectivity index (χ3n) is 10.0. The van der Waals surface area contributed by atoms with Crippen LogP contribution in [0, 0.1) is 35.0 Å². The molecule has 0 spiro atoms. The molecule has 1 aromatic rings. The molecule has 32 heavy (non-hydrogen) atoms. The maximum atomic E-state index is 14.6. The zero-order valence-electron chi connectivity index (χ0n) is 18.2. The maximum Gasteiger partial charge on any atom is 0.218 e. The zero-order valence-corrected chi connectivity index (χ0v) is 18.2. The number of ether oxygens (including phenoxy) is 2. The van der Waals surface area contributed by atoms with Gasteiger partial charge in [0.2, 0.25) is 6.29 Å². The van der Waals surface area contributed by atoms with Crippen molar-refractivity contribution in [1.29, 1.82) is 0 Å². The number of nitrogens with zero attached hydrogens (tertiary/aromatic N) is 1. The molecule has 9 rings (SSSR count). The highest BCUT2D eigenvalue weighted by Gasteiger charge is 2.66. The molecule has 4 saturated carbocycles. The van der Waals surface area contributed by atoms with Gasteiger partial charge in [0.1, 0.15) is 0 Å². The third-order valence-corrected chi connectivity index (χ3v) is 10.0. The number of rotatable bonds is 2. The van der Waals surface area contributed by atoms with Gasteiger partial charge in [0, 0.05) is 17.5 Å². The molecule has 4 aliphatic heterocycles. The standard InChI is InChI=1S/C27H29NO4/c29-24-21-20(19-13-31-26(24)32-19)23(28-6-5-17-3-1-2-4-18(17)22(21)28)25(30)27-10-14-7-15(11-27)9-16(8-14)12-27/h1-6,14-16,19-23,26H,7-13H2. The van der Waals surface area contributed by atoms with Gasteiger partial charge < -0.3 is 14.4 Å². The molecule has 6 unspecified atom stereocenters. The molecular formula is C27H29NO4. The van der Waals surface area contributed by atoms with Crippen LogP contribution in [-0.2, 0) is 19.1 Å². The van der Waals surface area contributed by atoms with E-state index in [1.807, 2.05) is 12.1 Å². The monoisotopic (exact) mass is 431 g/mol. The van der Waals surface area contributed by atoms with Crippen LogP contribution in [-0.4, -0.2) is 41.5 Å². The molecular weight excluding hydrogens is 402 g/mol. The molecule has 6 bridgehead atoms. The Bertz CT molecular complexity index is 1030. The van der Waals surface area contributed by atoms with Gasteiger partial charge in [-0.15, -0.1) is 0 Å². The number of hydrogen-bond acceptors (Lipinski definition) is 5. The van der Waals surface area contributed by atoms with Crippen LogP contribution in [0.5, 0.6) is 0 Å². The third kappa shape index (κ3) is 2.22. The van der Waals surface area contributed by atoms with Crippen LogP contribution < -0.4 is 0 Å². The molecule has 0 radical (unpaired) electrons. The second-order valence-electron chi connectivity index (χ2n) is 11.7. The van der Waals surface area contributed by atoms with Crippen LogP contribution >= 0.6 is 0 Å². The lowest BCUT2D eigenvalue weighted by Gasteiger charge is -2.57. The topological polar surface area (TPSA) is 55.8 Å². The van der Waals surface area contributed by atoms with E-state index in [0.717, 1.165) is 42.6 Å². The van der Waals surface area contributed by atoms with Crippen molar-refractivity contribution in [1.82, 2.24) is 4.90 Å². The second-order valence-corrected chi connectivity index (χ2v) is 11.7. The highest BCUT2D eigenvalue weighted by atomic mass is 16.7. The molecule has 0 amide bonds. The molecule has 8 aliphatic rings. The molecule has 166 valence electrons. The maximum absolute atomic E-state index is 14.6. The Hall–Kier alpha value is -1.98. The molecule has 7 fully saturated rings. The van der Waals surface area contributed by atoms with E-state index in [2.05, 4.69) is 29.3 Å². The molecule has 3 saturated heterocycles. The lowest BCUT2D eigenvalue weighted by atomic mass is 9.47. The van der Waals surface area contributed by atoms with Crippen LogP contribution in [0.2, 0.25) is 0 Å². The van der Waals surface area contributed by atoms with Gasteiger partial charge in [-0.25, -0.2) is 0 Å². The summed E-state index contributed by atoms with van der Waals surface area (Å²) >= 11 is 0. The van der Waals surface area contributed by atoms with Crippen LogP contribution in [0.1, 0.15) is 55.7 Å². The first-order valence-electron chi connectivity index (χ1n) is 12.5. The highest BCUT2D eigenvalue weighted by molar-refractivity contribution is 5.95. The van der Waals surface area contributed by atoms with E-state index in [0.29, 0.717) is 12.4 Å². The number of carbonyl (C=O) groups excluding carboxylic acids is 2. The van der Waals surface area contributed by atoms with E-state index in [9.17, 15) is 9.59 Å². The minimum Gasteiger partial charge on any atom is -0.359 e. The van der Waals surface area contributed by atoms with Gasteiger partial charge in [-0.2, -0.15) is 0 Å². The SMILES string of the molecule is O=C1C2OCC(O2)C2C1C1c3ccccc3C=CN1C2C(=O)C12CC3CC(CC(C3)C1)C2. The van der Waals surface area contributed by atoms with Crippen LogP contribution in [0.3, 0.4) is 0 Å². The number of Topliss-reactive ketones (excluding diaryl/α,β-unsaturated/α-hetero) is 2. The summed E-state index contributed by atoms with van der Waals surface area (Å²) in [6.45, 7) is 0.425. The average Bonchev–Trinajstić information content (AvgIpc) is 3.37. The Labute approximate surface area is 188 Å². The fourth-order valence-corrected chi connectivity index (χ4v) is 9.35. The van der Waals surface area contributed by atoms with Crippen molar-refractivity contribution in [3.8, 4) is 0 Å². The van der Waals surface area contributed by atoms with Gasteiger partial charge >= 0.3 is 0 Å². The Balaban J connectivity index is 1.26. The largest absolute Gasteiger partial charge is 0.359 e. The number of hydrogen-bond donors (Lipinski definition) is 0. The molecule has 4 heterocycles. The lowest BCUT2D eigenvalue weighted by Crippen LogP contribution is -2.57. The molecule has 6 atom stereocenters. The summed E-state index contributed by atoms with van der Waals surface area (Å²) < 4.78 is 11.8. The van der Waals surface area contributed by atoms with Crippen molar-refractivity contribution < 1.29 is 19.1 Å². The molecule has 5 heteroatoms. The van der Waals surface area contributed by atoms with Crippen molar-refractivity contribution in [2.45, 2.75) is 63.0 Å². The van der Waals surface area contributed by atoms with Gasteiger partial charge in [-0.1, -0.05) is 24.3 Å². The van der Waals surface area contributed by atoms with Crippen molar-refractivity contribution in [2.24, 2.45) is 35.0 Å². The summed E-state index contributed by atoms with van der Waals surface area (Å²) in [4.78, 5) is 30.4. The lowest BCUT2D eigenvalue weighted by molar-refractivity contribution is -0.166. The first-order chi connectivity index (χ1) is 15.6. The summed E-state index contributed by atoms with van der Waals surface area (Å²) in [5, 5.41) is 0. The smallest absolute Gasteiger partial charge is 0.218 e. The van der Waals surface area contributed by atoms with Gasteiger partial charge in [0.25, 0.3) is 0 Å².